The van der Waals surface area contributed by atoms with Crippen LogP contribution < -0.4 is 10.6 Å². The molecule has 3 nitrogen and oxygen atoms in total. The van der Waals surface area contributed by atoms with Crippen LogP contribution in [0.3, 0.4) is 0 Å². The Morgan fingerprint density at radius 1 is 1.15 bits per heavy atom. The molecule has 0 radical (unpaired) electrons. The first-order valence-corrected chi connectivity index (χ1v) is 8.21. The molecule has 20 heavy (non-hydrogen) atoms. The largest absolute Gasteiger partial charge is 0.384 e. The lowest BCUT2D eigenvalue weighted by Gasteiger charge is -2.26. The van der Waals surface area contributed by atoms with E-state index in [4.69, 9.17) is 0 Å². The third-order valence-electron chi connectivity index (χ3n) is 4.53. The molecule has 2 N–H and O–H groups in total. The van der Waals surface area contributed by atoms with Gasteiger partial charge in [-0.2, -0.15) is 0 Å². The molecule has 3 heteroatoms. The highest BCUT2D eigenvalue weighted by atomic mass is 15.1. The van der Waals surface area contributed by atoms with Crippen molar-refractivity contribution in [3.05, 3.63) is 29.3 Å². The van der Waals surface area contributed by atoms with Gasteiger partial charge < -0.3 is 15.5 Å². The van der Waals surface area contributed by atoms with E-state index in [9.17, 15) is 0 Å². The van der Waals surface area contributed by atoms with Crippen molar-refractivity contribution in [2.24, 2.45) is 0 Å². The van der Waals surface area contributed by atoms with Crippen molar-refractivity contribution in [2.45, 2.75) is 38.6 Å². The minimum Gasteiger partial charge on any atom is -0.384 e. The normalized spacial score (nSPS) is 18.8. The summed E-state index contributed by atoms with van der Waals surface area (Å²) in [6, 6.07) is 6.68. The zero-order valence-electron chi connectivity index (χ0n) is 12.5. The van der Waals surface area contributed by atoms with E-state index in [2.05, 4.69) is 33.7 Å². The number of fused-ring (bicyclic) bond motifs is 1. The van der Waals surface area contributed by atoms with Gasteiger partial charge in [0.25, 0.3) is 0 Å². The van der Waals surface area contributed by atoms with Crippen molar-refractivity contribution in [3.63, 3.8) is 0 Å². The summed E-state index contributed by atoms with van der Waals surface area (Å²) in [5.74, 6) is 0. The van der Waals surface area contributed by atoms with Crippen molar-refractivity contribution in [1.29, 1.82) is 0 Å². The molecule has 1 aromatic carbocycles. The molecule has 110 valence electrons. The number of hydrogen-bond donors (Lipinski definition) is 2. The van der Waals surface area contributed by atoms with Crippen LogP contribution >= 0.6 is 0 Å². The summed E-state index contributed by atoms with van der Waals surface area (Å²) in [5.41, 5.74) is 4.30. The lowest BCUT2D eigenvalue weighted by molar-refractivity contribution is 0.225. The van der Waals surface area contributed by atoms with Gasteiger partial charge in [0.15, 0.2) is 0 Å². The van der Waals surface area contributed by atoms with Crippen molar-refractivity contribution in [3.8, 4) is 0 Å². The molecule has 0 unspecified atom stereocenters. The Morgan fingerprint density at radius 3 is 2.95 bits per heavy atom. The maximum Gasteiger partial charge on any atom is 0.0419 e. The monoisotopic (exact) mass is 273 g/mol. The van der Waals surface area contributed by atoms with E-state index in [1.807, 2.05) is 0 Å². The van der Waals surface area contributed by atoms with Crippen LogP contribution in [0.1, 0.15) is 36.8 Å². The molecule has 1 aromatic rings. The van der Waals surface area contributed by atoms with Crippen LogP contribution in [0.15, 0.2) is 18.2 Å². The highest BCUT2D eigenvalue weighted by molar-refractivity contribution is 5.61. The summed E-state index contributed by atoms with van der Waals surface area (Å²) < 4.78 is 0. The minimum absolute atomic E-state index is 0.996. The zero-order chi connectivity index (χ0) is 13.6. The summed E-state index contributed by atoms with van der Waals surface area (Å²) in [5, 5.41) is 7.12. The van der Waals surface area contributed by atoms with Gasteiger partial charge in [0.05, 0.1) is 0 Å². The smallest absolute Gasteiger partial charge is 0.0419 e. The maximum atomic E-state index is 3.60. The first-order valence-electron chi connectivity index (χ1n) is 8.21. The second-order valence-electron chi connectivity index (χ2n) is 6.06. The predicted molar refractivity (Wildman–Crippen MR) is 85.3 cm³/mol. The lowest BCUT2D eigenvalue weighted by Crippen LogP contribution is -2.32. The second-order valence-corrected chi connectivity index (χ2v) is 6.06. The number of nitrogens with one attached hydrogen (secondary N) is 2. The summed E-state index contributed by atoms with van der Waals surface area (Å²) in [6.45, 7) is 7.11. The fourth-order valence-corrected chi connectivity index (χ4v) is 3.39. The molecular formula is C17H27N3. The van der Waals surface area contributed by atoms with Gasteiger partial charge in [-0.3, -0.25) is 0 Å². The first kappa shape index (κ1) is 13.9. The van der Waals surface area contributed by atoms with Crippen LogP contribution in [0.4, 0.5) is 5.69 Å². The van der Waals surface area contributed by atoms with E-state index in [0.717, 1.165) is 19.6 Å². The number of nitrogens with zero attached hydrogens (tertiary/aromatic N) is 1. The number of hydrogen-bond acceptors (Lipinski definition) is 3. The molecule has 0 amide bonds. The Bertz CT molecular complexity index is 424. The van der Waals surface area contributed by atoms with Crippen molar-refractivity contribution < 1.29 is 0 Å². The number of rotatable bonds is 6. The average molecular weight is 273 g/mol. The number of anilines is 1. The lowest BCUT2D eigenvalue weighted by atomic mass is 10.1. The third kappa shape index (κ3) is 3.53. The summed E-state index contributed by atoms with van der Waals surface area (Å²) in [7, 11) is 0. The van der Waals surface area contributed by atoms with E-state index in [1.165, 1.54) is 68.6 Å². The Morgan fingerprint density at radius 2 is 2.05 bits per heavy atom. The fourth-order valence-electron chi connectivity index (χ4n) is 3.39. The highest BCUT2D eigenvalue weighted by Gasteiger charge is 2.13. The molecule has 0 bridgehead atoms. The van der Waals surface area contributed by atoms with Crippen LogP contribution in [-0.2, 0) is 13.0 Å². The van der Waals surface area contributed by atoms with Crippen molar-refractivity contribution in [2.75, 3.05) is 38.0 Å². The number of likely N-dealkylation sites (tertiary alicyclic amines) is 1. The van der Waals surface area contributed by atoms with Gasteiger partial charge in [-0.25, -0.2) is 0 Å². The number of para-hydroxylation sites is 1. The Labute approximate surface area is 122 Å². The van der Waals surface area contributed by atoms with Crippen LogP contribution in [0.25, 0.3) is 0 Å². The highest BCUT2D eigenvalue weighted by Crippen LogP contribution is 2.26. The van der Waals surface area contributed by atoms with E-state index < -0.39 is 0 Å². The van der Waals surface area contributed by atoms with Crippen LogP contribution in [0, 0.1) is 0 Å². The van der Waals surface area contributed by atoms with E-state index in [-0.39, 0.29) is 0 Å². The summed E-state index contributed by atoms with van der Waals surface area (Å²) in [4.78, 5) is 2.62. The second kappa shape index (κ2) is 7.09. The fraction of sp³-hybridized carbons (Fsp3) is 0.647. The van der Waals surface area contributed by atoms with Crippen molar-refractivity contribution in [1.82, 2.24) is 10.2 Å². The van der Waals surface area contributed by atoms with Crippen molar-refractivity contribution >= 4 is 5.69 Å². The van der Waals surface area contributed by atoms with Gasteiger partial charge in [-0.05, 0) is 63.0 Å². The molecule has 0 saturated carbocycles. The van der Waals surface area contributed by atoms with Gasteiger partial charge >= 0.3 is 0 Å². The van der Waals surface area contributed by atoms with Gasteiger partial charge in [-0.15, -0.1) is 0 Å². The molecule has 0 aromatic heterocycles. The molecule has 3 rings (SSSR count). The Balaban J connectivity index is 1.37. The molecule has 2 heterocycles. The van der Waals surface area contributed by atoms with E-state index in [1.54, 1.807) is 0 Å². The first-order chi connectivity index (χ1) is 9.93. The summed E-state index contributed by atoms with van der Waals surface area (Å²) in [6.07, 6.45) is 6.67. The maximum absolute atomic E-state index is 3.60. The minimum atomic E-state index is 0.996. The molecular weight excluding hydrogens is 246 g/mol. The average Bonchev–Trinajstić information content (AvgIpc) is 2.97. The van der Waals surface area contributed by atoms with Gasteiger partial charge in [-0.1, -0.05) is 24.6 Å². The molecule has 2 aliphatic heterocycles. The van der Waals surface area contributed by atoms with E-state index in [0.29, 0.717) is 0 Å². The molecule has 1 fully saturated rings. The zero-order valence-corrected chi connectivity index (χ0v) is 12.5. The van der Waals surface area contributed by atoms with Crippen LogP contribution in [0.2, 0.25) is 0 Å². The predicted octanol–water partition coefficient (Wildman–Crippen LogP) is 2.62. The third-order valence-corrected chi connectivity index (χ3v) is 4.53. The van der Waals surface area contributed by atoms with Gasteiger partial charge in [0, 0.05) is 18.8 Å². The van der Waals surface area contributed by atoms with E-state index >= 15 is 0 Å². The Kier molecular flexibility index (Phi) is 4.93. The topological polar surface area (TPSA) is 27.3 Å². The summed E-state index contributed by atoms with van der Waals surface area (Å²) >= 11 is 0. The molecule has 0 atom stereocenters. The standard InChI is InChI=1S/C17H27N3/c1-2-11-20(12-3-1)13-5-9-18-14-16-7-4-6-15-8-10-19-17(15)16/h4,6-7,18-19H,1-3,5,8-14H2. The van der Waals surface area contributed by atoms with Gasteiger partial charge in [0.2, 0.25) is 0 Å². The molecule has 0 spiro atoms. The van der Waals surface area contributed by atoms with Crippen LogP contribution in [-0.4, -0.2) is 37.6 Å². The quantitative estimate of drug-likeness (QED) is 0.780. The molecule has 0 aliphatic carbocycles. The number of piperidine rings is 1. The van der Waals surface area contributed by atoms with Gasteiger partial charge in [0.1, 0.15) is 0 Å². The number of benzene rings is 1. The SMILES string of the molecule is c1cc2c(c(CNCCCN3CCCCC3)c1)NCC2. The molecule has 1 saturated heterocycles. The van der Waals surface area contributed by atoms with Crippen LogP contribution in [0.5, 0.6) is 0 Å². The molecule has 2 aliphatic rings. The Hall–Kier alpha value is -1.06.